The van der Waals surface area contributed by atoms with E-state index in [1.165, 1.54) is 26.4 Å². The van der Waals surface area contributed by atoms with Crippen molar-refractivity contribution in [2.45, 2.75) is 19.3 Å². The number of methoxy groups -OCH3 is 2. The molecule has 5 nitrogen and oxygen atoms in total. The fraction of sp³-hybridized carbons (Fsp3) is 0.417. The summed E-state index contributed by atoms with van der Waals surface area (Å²) in [6.45, 7) is 1.67. The number of benzene rings is 1. The van der Waals surface area contributed by atoms with Gasteiger partial charge in [-0.25, -0.2) is 4.39 Å². The van der Waals surface area contributed by atoms with Gasteiger partial charge >= 0.3 is 0 Å². The predicted octanol–water partition coefficient (Wildman–Crippen LogP) is 1.27. The second kappa shape index (κ2) is 6.32. The third kappa shape index (κ3) is 3.41. The van der Waals surface area contributed by atoms with Crippen molar-refractivity contribution in [2.75, 3.05) is 14.2 Å². The van der Waals surface area contributed by atoms with Gasteiger partial charge in [0.25, 0.3) is 5.91 Å². The van der Waals surface area contributed by atoms with Crippen molar-refractivity contribution >= 4 is 5.91 Å². The van der Waals surface area contributed by atoms with Crippen LogP contribution in [0, 0.1) is 5.82 Å². The Hall–Kier alpha value is -1.66. The molecule has 1 aromatic carbocycles. The average Bonchev–Trinajstić information content (AvgIpc) is 2.30. The second-order valence-electron chi connectivity index (χ2n) is 3.77. The number of nitrogens with one attached hydrogen (secondary N) is 1. The first kappa shape index (κ1) is 14.4. The molecule has 18 heavy (non-hydrogen) atoms. The van der Waals surface area contributed by atoms with Crippen LogP contribution in [-0.2, 0) is 9.47 Å². The number of halogens is 1. The molecular formula is C12H16FNO4. The summed E-state index contributed by atoms with van der Waals surface area (Å²) in [5.74, 6) is -1.62. The Bertz CT molecular complexity index is 421. The van der Waals surface area contributed by atoms with E-state index in [1.807, 2.05) is 0 Å². The number of amides is 1. The van der Waals surface area contributed by atoms with Crippen molar-refractivity contribution in [3.63, 3.8) is 0 Å². The molecule has 0 aliphatic rings. The molecule has 0 aliphatic heterocycles. The van der Waals surface area contributed by atoms with Gasteiger partial charge in [-0.15, -0.1) is 0 Å². The quantitative estimate of drug-likeness (QED) is 0.779. The van der Waals surface area contributed by atoms with Gasteiger partial charge in [-0.05, 0) is 19.1 Å². The van der Waals surface area contributed by atoms with Gasteiger partial charge in [0, 0.05) is 20.3 Å². The highest BCUT2D eigenvalue weighted by Crippen LogP contribution is 2.15. The van der Waals surface area contributed by atoms with Crippen LogP contribution in [0.2, 0.25) is 0 Å². The number of ether oxygens (including phenoxy) is 2. The van der Waals surface area contributed by atoms with Crippen LogP contribution in [0.5, 0.6) is 5.75 Å². The van der Waals surface area contributed by atoms with Gasteiger partial charge < -0.3 is 19.9 Å². The summed E-state index contributed by atoms with van der Waals surface area (Å²) in [5.41, 5.74) is -0.148. The SMILES string of the molecule is COC(OC)C(C)NC(=O)c1ccc(O)cc1F. The first-order chi connectivity index (χ1) is 8.49. The highest BCUT2D eigenvalue weighted by molar-refractivity contribution is 5.94. The molecule has 100 valence electrons. The Morgan fingerprint density at radius 3 is 2.50 bits per heavy atom. The molecule has 0 saturated heterocycles. The van der Waals surface area contributed by atoms with E-state index in [0.717, 1.165) is 6.07 Å². The van der Waals surface area contributed by atoms with Crippen LogP contribution in [0.25, 0.3) is 0 Å². The maximum Gasteiger partial charge on any atom is 0.254 e. The third-order valence-electron chi connectivity index (χ3n) is 2.43. The Morgan fingerprint density at radius 2 is 2.00 bits per heavy atom. The van der Waals surface area contributed by atoms with Crippen molar-refractivity contribution in [3.05, 3.63) is 29.6 Å². The Balaban J connectivity index is 2.76. The number of aromatic hydroxyl groups is 1. The van der Waals surface area contributed by atoms with Gasteiger partial charge in [0.15, 0.2) is 6.29 Å². The van der Waals surface area contributed by atoms with E-state index in [9.17, 15) is 9.18 Å². The summed E-state index contributed by atoms with van der Waals surface area (Å²) in [4.78, 5) is 11.8. The van der Waals surface area contributed by atoms with Crippen molar-refractivity contribution in [1.82, 2.24) is 5.32 Å². The van der Waals surface area contributed by atoms with Gasteiger partial charge in [-0.3, -0.25) is 4.79 Å². The van der Waals surface area contributed by atoms with Crippen LogP contribution in [0.4, 0.5) is 4.39 Å². The zero-order chi connectivity index (χ0) is 13.7. The zero-order valence-electron chi connectivity index (χ0n) is 10.4. The molecule has 1 unspecified atom stereocenters. The molecule has 0 aliphatic carbocycles. The topological polar surface area (TPSA) is 67.8 Å². The Morgan fingerprint density at radius 1 is 1.39 bits per heavy atom. The molecule has 0 saturated carbocycles. The first-order valence-electron chi connectivity index (χ1n) is 5.34. The molecule has 0 radical (unpaired) electrons. The lowest BCUT2D eigenvalue weighted by Crippen LogP contribution is -2.43. The van der Waals surface area contributed by atoms with E-state index in [1.54, 1.807) is 6.92 Å². The van der Waals surface area contributed by atoms with Crippen molar-refractivity contribution < 1.29 is 23.8 Å². The number of phenolic OH excluding ortho intramolecular Hbond substituents is 1. The number of hydrogen-bond acceptors (Lipinski definition) is 4. The molecule has 0 heterocycles. The van der Waals surface area contributed by atoms with Gasteiger partial charge in [0.2, 0.25) is 0 Å². The molecule has 1 rings (SSSR count). The van der Waals surface area contributed by atoms with E-state index >= 15 is 0 Å². The second-order valence-corrected chi connectivity index (χ2v) is 3.77. The van der Waals surface area contributed by atoms with Crippen LogP contribution in [0.3, 0.4) is 0 Å². The number of rotatable bonds is 5. The maximum atomic E-state index is 13.4. The molecule has 0 bridgehead atoms. The van der Waals surface area contributed by atoms with E-state index < -0.39 is 24.1 Å². The molecule has 1 atom stereocenters. The summed E-state index contributed by atoms with van der Waals surface area (Å²) in [6.07, 6.45) is -0.617. The summed E-state index contributed by atoms with van der Waals surface area (Å²) in [6, 6.07) is 2.89. The predicted molar refractivity (Wildman–Crippen MR) is 62.8 cm³/mol. The van der Waals surface area contributed by atoms with Crippen LogP contribution in [-0.4, -0.2) is 37.6 Å². The fourth-order valence-electron chi connectivity index (χ4n) is 1.55. The monoisotopic (exact) mass is 257 g/mol. The number of carbonyl (C=O) groups is 1. The lowest BCUT2D eigenvalue weighted by Gasteiger charge is -2.22. The molecule has 0 aromatic heterocycles. The minimum atomic E-state index is -0.786. The lowest BCUT2D eigenvalue weighted by molar-refractivity contribution is -0.117. The largest absolute Gasteiger partial charge is 0.508 e. The van der Waals surface area contributed by atoms with Crippen LogP contribution < -0.4 is 5.32 Å². The first-order valence-corrected chi connectivity index (χ1v) is 5.34. The maximum absolute atomic E-state index is 13.4. The number of carbonyl (C=O) groups excluding carboxylic acids is 1. The number of hydrogen-bond donors (Lipinski definition) is 2. The van der Waals surface area contributed by atoms with Crippen molar-refractivity contribution in [2.24, 2.45) is 0 Å². The summed E-state index contributed by atoms with van der Waals surface area (Å²) < 4.78 is 23.4. The molecule has 6 heteroatoms. The summed E-state index contributed by atoms with van der Waals surface area (Å²) in [7, 11) is 2.88. The van der Waals surface area contributed by atoms with E-state index in [0.29, 0.717) is 0 Å². The van der Waals surface area contributed by atoms with E-state index in [-0.39, 0.29) is 11.3 Å². The van der Waals surface area contributed by atoms with E-state index in [4.69, 9.17) is 14.6 Å². The normalized spacial score (nSPS) is 12.5. The van der Waals surface area contributed by atoms with Crippen molar-refractivity contribution in [3.8, 4) is 5.75 Å². The van der Waals surface area contributed by atoms with Gasteiger partial charge in [-0.1, -0.05) is 0 Å². The van der Waals surface area contributed by atoms with Crippen LogP contribution in [0.15, 0.2) is 18.2 Å². The minimum absolute atomic E-state index is 0.148. The third-order valence-corrected chi connectivity index (χ3v) is 2.43. The van der Waals surface area contributed by atoms with E-state index in [2.05, 4.69) is 5.32 Å². The van der Waals surface area contributed by atoms with Gasteiger partial charge in [0.1, 0.15) is 11.6 Å². The molecule has 0 spiro atoms. The molecule has 0 fully saturated rings. The highest BCUT2D eigenvalue weighted by Gasteiger charge is 2.20. The standard InChI is InChI=1S/C12H16FNO4/c1-7(12(17-2)18-3)14-11(16)9-5-4-8(15)6-10(9)13/h4-7,12,15H,1-3H3,(H,14,16). The van der Waals surface area contributed by atoms with Crippen LogP contribution in [0.1, 0.15) is 17.3 Å². The highest BCUT2D eigenvalue weighted by atomic mass is 19.1. The van der Waals surface area contributed by atoms with Crippen molar-refractivity contribution in [1.29, 1.82) is 0 Å². The smallest absolute Gasteiger partial charge is 0.254 e. The molecule has 1 aromatic rings. The molecule has 2 N–H and O–H groups in total. The fourth-order valence-corrected chi connectivity index (χ4v) is 1.55. The van der Waals surface area contributed by atoms with Gasteiger partial charge in [-0.2, -0.15) is 0 Å². The molecular weight excluding hydrogens is 241 g/mol. The minimum Gasteiger partial charge on any atom is -0.508 e. The summed E-state index contributed by atoms with van der Waals surface area (Å²) >= 11 is 0. The Kier molecular flexibility index (Phi) is 5.06. The summed E-state index contributed by atoms with van der Waals surface area (Å²) in [5, 5.41) is 11.6. The lowest BCUT2D eigenvalue weighted by atomic mass is 10.1. The van der Waals surface area contributed by atoms with Crippen LogP contribution >= 0.6 is 0 Å². The molecule has 1 amide bonds. The Labute approximate surface area is 105 Å². The zero-order valence-corrected chi connectivity index (χ0v) is 10.4. The average molecular weight is 257 g/mol. The number of phenols is 1. The van der Waals surface area contributed by atoms with Gasteiger partial charge in [0.05, 0.1) is 11.6 Å².